The minimum atomic E-state index is -0.401. The van der Waals surface area contributed by atoms with Gasteiger partial charge in [0.2, 0.25) is 0 Å². The van der Waals surface area contributed by atoms with Gasteiger partial charge in [-0.05, 0) is 18.2 Å². The first kappa shape index (κ1) is 17.5. The lowest BCUT2D eigenvalue weighted by molar-refractivity contribution is 0.708. The zero-order chi connectivity index (χ0) is 20.1. The smallest absolute Gasteiger partial charge is 0.280 e. The number of fused-ring (bicyclic) bond motifs is 2. The summed E-state index contributed by atoms with van der Waals surface area (Å²) >= 11 is 1.56. The molecule has 5 rings (SSSR count). The monoisotopic (exact) mass is 400 g/mol. The highest BCUT2D eigenvalue weighted by molar-refractivity contribution is 7.21. The number of hydrogen-bond donors (Lipinski definition) is 0. The average molecular weight is 400 g/mol. The maximum absolute atomic E-state index is 12.8. The molecule has 29 heavy (non-hydrogen) atoms. The van der Waals surface area contributed by atoms with Crippen LogP contribution in [0, 0.1) is 0 Å². The zero-order valence-corrected chi connectivity index (χ0v) is 16.6. The van der Waals surface area contributed by atoms with Crippen molar-refractivity contribution in [2.24, 2.45) is 14.1 Å². The summed E-state index contributed by atoms with van der Waals surface area (Å²) in [6.45, 7) is 0. The highest BCUT2D eigenvalue weighted by Crippen LogP contribution is 2.36. The second-order valence-electron chi connectivity index (χ2n) is 6.81. The van der Waals surface area contributed by atoms with Gasteiger partial charge in [-0.2, -0.15) is 0 Å². The van der Waals surface area contributed by atoms with E-state index in [-0.39, 0.29) is 5.56 Å². The van der Waals surface area contributed by atoms with Crippen molar-refractivity contribution in [3.8, 4) is 21.8 Å². The van der Waals surface area contributed by atoms with Gasteiger partial charge in [0.25, 0.3) is 5.56 Å². The van der Waals surface area contributed by atoms with E-state index in [0.717, 1.165) is 30.9 Å². The van der Waals surface area contributed by atoms with E-state index in [4.69, 9.17) is 9.97 Å². The molecule has 0 aliphatic rings. The fourth-order valence-electron chi connectivity index (χ4n) is 3.47. The maximum atomic E-state index is 12.8. The quantitative estimate of drug-likeness (QED) is 0.454. The third kappa shape index (κ3) is 2.70. The normalized spacial score (nSPS) is 11.4. The van der Waals surface area contributed by atoms with Gasteiger partial charge in [-0.1, -0.05) is 42.5 Å². The lowest BCUT2D eigenvalue weighted by Gasteiger charge is -2.12. The summed E-state index contributed by atoms with van der Waals surface area (Å²) < 4.78 is 3.58. The van der Waals surface area contributed by atoms with Crippen LogP contribution in [0.15, 0.2) is 70.3 Å². The Morgan fingerprint density at radius 3 is 2.34 bits per heavy atom. The molecule has 0 saturated heterocycles. The number of aromatic nitrogens is 4. The van der Waals surface area contributed by atoms with E-state index >= 15 is 0 Å². The Bertz CT molecular complexity index is 1480. The van der Waals surface area contributed by atoms with Gasteiger partial charge in [0.15, 0.2) is 0 Å². The van der Waals surface area contributed by atoms with E-state index in [1.165, 1.54) is 11.6 Å². The van der Waals surface area contributed by atoms with E-state index in [1.807, 2.05) is 60.7 Å². The lowest BCUT2D eigenvalue weighted by atomic mass is 10.0. The summed E-state index contributed by atoms with van der Waals surface area (Å²) in [7, 11) is 3.11. The van der Waals surface area contributed by atoms with E-state index in [1.54, 1.807) is 18.4 Å². The second kappa shape index (κ2) is 6.49. The lowest BCUT2D eigenvalue weighted by Crippen LogP contribution is -2.37. The maximum Gasteiger partial charge on any atom is 0.332 e. The van der Waals surface area contributed by atoms with Crippen LogP contribution in [-0.2, 0) is 14.1 Å². The molecule has 0 unspecified atom stereocenters. The van der Waals surface area contributed by atoms with Crippen molar-refractivity contribution in [1.29, 1.82) is 0 Å². The molecule has 0 atom stereocenters. The molecule has 0 N–H and O–H groups in total. The molecule has 6 nitrogen and oxygen atoms in total. The van der Waals surface area contributed by atoms with Gasteiger partial charge in [0.1, 0.15) is 10.7 Å². The summed E-state index contributed by atoms with van der Waals surface area (Å²) in [5, 5.41) is 1.18. The minimum Gasteiger partial charge on any atom is -0.280 e. The molecular formula is C22H16N4O2S. The molecule has 0 amide bonds. The molecule has 0 aliphatic carbocycles. The van der Waals surface area contributed by atoms with Crippen LogP contribution >= 0.6 is 11.3 Å². The molecule has 0 aliphatic heterocycles. The Morgan fingerprint density at radius 1 is 0.862 bits per heavy atom. The Labute approximate surface area is 169 Å². The largest absolute Gasteiger partial charge is 0.332 e. The molecule has 3 aromatic heterocycles. The summed E-state index contributed by atoms with van der Waals surface area (Å²) in [6.07, 6.45) is 0. The van der Waals surface area contributed by atoms with Crippen molar-refractivity contribution in [2.45, 2.75) is 0 Å². The summed E-state index contributed by atoms with van der Waals surface area (Å²) in [5.41, 5.74) is 2.87. The zero-order valence-electron chi connectivity index (χ0n) is 15.8. The molecule has 7 heteroatoms. The van der Waals surface area contributed by atoms with Crippen LogP contribution in [0.25, 0.3) is 43.1 Å². The molecule has 5 aromatic rings. The van der Waals surface area contributed by atoms with Crippen LogP contribution in [0.5, 0.6) is 0 Å². The van der Waals surface area contributed by atoms with Crippen molar-refractivity contribution in [1.82, 2.24) is 19.1 Å². The van der Waals surface area contributed by atoms with Gasteiger partial charge < -0.3 is 0 Å². The average Bonchev–Trinajstić information content (AvgIpc) is 3.20. The Hall–Kier alpha value is -3.58. The molecule has 3 heterocycles. The molecule has 0 fully saturated rings. The van der Waals surface area contributed by atoms with Crippen LogP contribution in [0.2, 0.25) is 0 Å². The number of rotatable bonds is 2. The van der Waals surface area contributed by atoms with Crippen LogP contribution < -0.4 is 11.2 Å². The number of para-hydroxylation sites is 1. The first-order valence-corrected chi connectivity index (χ1v) is 9.88. The van der Waals surface area contributed by atoms with Gasteiger partial charge in [0, 0.05) is 25.2 Å². The third-order valence-electron chi connectivity index (χ3n) is 5.00. The number of thiazole rings is 1. The predicted molar refractivity (Wildman–Crippen MR) is 116 cm³/mol. The van der Waals surface area contributed by atoms with Crippen LogP contribution in [0.3, 0.4) is 0 Å². The van der Waals surface area contributed by atoms with Gasteiger partial charge in [-0.15, -0.1) is 11.3 Å². The number of pyridine rings is 1. The first-order valence-electron chi connectivity index (χ1n) is 9.07. The van der Waals surface area contributed by atoms with E-state index in [0.29, 0.717) is 16.7 Å². The molecule has 142 valence electrons. The topological polar surface area (TPSA) is 69.8 Å². The number of hydrogen-bond acceptors (Lipinski definition) is 5. The van der Waals surface area contributed by atoms with Gasteiger partial charge in [-0.3, -0.25) is 13.9 Å². The number of nitrogens with zero attached hydrogens (tertiary/aromatic N) is 4. The number of benzene rings is 2. The Morgan fingerprint density at radius 2 is 1.59 bits per heavy atom. The fourth-order valence-corrected chi connectivity index (χ4v) is 4.45. The van der Waals surface area contributed by atoms with Crippen LogP contribution in [0.4, 0.5) is 0 Å². The van der Waals surface area contributed by atoms with Crippen LogP contribution in [0.1, 0.15) is 0 Å². The van der Waals surface area contributed by atoms with Crippen molar-refractivity contribution in [3.05, 3.63) is 81.5 Å². The van der Waals surface area contributed by atoms with Crippen LogP contribution in [-0.4, -0.2) is 19.1 Å². The molecule has 2 aromatic carbocycles. The Balaban J connectivity index is 1.93. The summed E-state index contributed by atoms with van der Waals surface area (Å²) in [6, 6.07) is 19.5. The fraction of sp³-hybridized carbons (Fsp3) is 0.0909. The van der Waals surface area contributed by atoms with Gasteiger partial charge in [-0.25, -0.2) is 14.8 Å². The van der Waals surface area contributed by atoms with Crippen molar-refractivity contribution in [3.63, 3.8) is 0 Å². The van der Waals surface area contributed by atoms with Crippen molar-refractivity contribution < 1.29 is 0 Å². The third-order valence-corrected chi connectivity index (χ3v) is 6.07. The Kier molecular flexibility index (Phi) is 3.92. The second-order valence-corrected chi connectivity index (χ2v) is 7.84. The van der Waals surface area contributed by atoms with E-state index in [9.17, 15) is 9.59 Å². The summed E-state index contributed by atoms with van der Waals surface area (Å²) in [5.74, 6) is 0. The highest BCUT2D eigenvalue weighted by Gasteiger charge is 2.18. The molecule has 0 radical (unpaired) electrons. The SMILES string of the molecule is Cn1c(=O)c2cc(-c3nc4ccccc4s3)c(-c3ccccc3)nc2n(C)c1=O. The molecular weight excluding hydrogens is 384 g/mol. The van der Waals surface area contributed by atoms with Crippen molar-refractivity contribution in [2.75, 3.05) is 0 Å². The van der Waals surface area contributed by atoms with E-state index in [2.05, 4.69) is 0 Å². The highest BCUT2D eigenvalue weighted by atomic mass is 32.1. The minimum absolute atomic E-state index is 0.363. The summed E-state index contributed by atoms with van der Waals surface area (Å²) in [4.78, 5) is 34.7. The van der Waals surface area contributed by atoms with Gasteiger partial charge >= 0.3 is 5.69 Å². The van der Waals surface area contributed by atoms with Crippen molar-refractivity contribution >= 4 is 32.6 Å². The molecule has 0 saturated carbocycles. The number of aryl methyl sites for hydroxylation is 1. The first-order chi connectivity index (χ1) is 14.0. The standard InChI is InChI=1S/C22H16N4O2S/c1-25-19-15(21(27)26(2)22(25)28)12-14(18(24-19)13-8-4-3-5-9-13)20-23-16-10-6-7-11-17(16)29-20/h3-12H,1-2H3. The van der Waals surface area contributed by atoms with E-state index < -0.39 is 5.69 Å². The molecule has 0 spiro atoms. The van der Waals surface area contributed by atoms with Gasteiger partial charge in [0.05, 0.1) is 21.3 Å². The predicted octanol–water partition coefficient (Wildman–Crippen LogP) is 3.58. The molecule has 0 bridgehead atoms.